The lowest BCUT2D eigenvalue weighted by Crippen LogP contribution is -2.30. The fourth-order valence-corrected chi connectivity index (χ4v) is 7.46. The second kappa shape index (κ2) is 43.0. The predicted molar refractivity (Wildman–Crippen MR) is 238 cm³/mol. The predicted octanol–water partition coefficient (Wildman–Crippen LogP) is 15.8. The molecule has 0 aromatic heterocycles. The van der Waals surface area contributed by atoms with Gasteiger partial charge in [0.05, 0.1) is 0 Å². The van der Waals surface area contributed by atoms with Gasteiger partial charge in [0.25, 0.3) is 0 Å². The molecular formula is C50H96O6. The van der Waals surface area contributed by atoms with Crippen LogP contribution in [0.1, 0.15) is 272 Å². The van der Waals surface area contributed by atoms with Crippen LogP contribution in [0.25, 0.3) is 0 Å². The third kappa shape index (κ3) is 43.5. The monoisotopic (exact) mass is 793 g/mol. The number of carbonyl (C=O) groups is 3. The molecule has 0 unspecified atom stereocenters. The van der Waals surface area contributed by atoms with Gasteiger partial charge in [-0.3, -0.25) is 14.4 Å². The van der Waals surface area contributed by atoms with Gasteiger partial charge >= 0.3 is 17.9 Å². The summed E-state index contributed by atoms with van der Waals surface area (Å²) in [5, 5.41) is 0. The highest BCUT2D eigenvalue weighted by Gasteiger charge is 2.19. The third-order valence-corrected chi connectivity index (χ3v) is 11.2. The molecule has 0 bridgehead atoms. The number of rotatable bonds is 44. The summed E-state index contributed by atoms with van der Waals surface area (Å²) in [5.74, 6) is 0.696. The molecule has 0 rings (SSSR count). The fourth-order valence-electron chi connectivity index (χ4n) is 7.46. The van der Waals surface area contributed by atoms with Crippen LogP contribution in [0, 0.1) is 11.8 Å². The Kier molecular flexibility index (Phi) is 41.8. The van der Waals surface area contributed by atoms with Crippen LogP contribution in [0.5, 0.6) is 0 Å². The van der Waals surface area contributed by atoms with Crippen molar-refractivity contribution in [2.75, 3.05) is 13.2 Å². The Bertz CT molecular complexity index is 854. The number of unbranched alkanes of at least 4 members (excludes halogenated alkanes) is 29. The zero-order chi connectivity index (χ0) is 41.2. The van der Waals surface area contributed by atoms with Crippen molar-refractivity contribution in [1.82, 2.24) is 0 Å². The van der Waals surface area contributed by atoms with Crippen LogP contribution in [0.2, 0.25) is 0 Å². The van der Waals surface area contributed by atoms with E-state index >= 15 is 0 Å². The van der Waals surface area contributed by atoms with E-state index in [4.69, 9.17) is 14.2 Å². The van der Waals surface area contributed by atoms with Gasteiger partial charge in [-0.25, -0.2) is 0 Å². The van der Waals surface area contributed by atoms with Gasteiger partial charge in [0, 0.05) is 19.3 Å². The van der Waals surface area contributed by atoms with Crippen molar-refractivity contribution in [2.45, 2.75) is 278 Å². The molecule has 56 heavy (non-hydrogen) atoms. The molecule has 0 aliphatic heterocycles. The van der Waals surface area contributed by atoms with E-state index in [-0.39, 0.29) is 31.1 Å². The molecule has 0 aromatic rings. The third-order valence-electron chi connectivity index (χ3n) is 11.2. The Morgan fingerprint density at radius 1 is 0.339 bits per heavy atom. The van der Waals surface area contributed by atoms with Crippen molar-refractivity contribution >= 4 is 17.9 Å². The molecule has 0 spiro atoms. The molecule has 0 heterocycles. The molecule has 0 radical (unpaired) electrons. The smallest absolute Gasteiger partial charge is 0.306 e. The van der Waals surface area contributed by atoms with Crippen LogP contribution in [0.3, 0.4) is 0 Å². The number of carbonyl (C=O) groups excluding carboxylic acids is 3. The first kappa shape index (κ1) is 54.4. The number of hydrogen-bond donors (Lipinski definition) is 0. The van der Waals surface area contributed by atoms with Gasteiger partial charge < -0.3 is 14.2 Å². The Morgan fingerprint density at radius 3 is 0.875 bits per heavy atom. The molecule has 0 aliphatic rings. The highest BCUT2D eigenvalue weighted by Crippen LogP contribution is 2.17. The Labute approximate surface area is 348 Å². The van der Waals surface area contributed by atoms with Crippen LogP contribution in [0.4, 0.5) is 0 Å². The van der Waals surface area contributed by atoms with Gasteiger partial charge in [-0.05, 0) is 31.1 Å². The second-order valence-corrected chi connectivity index (χ2v) is 18.1. The van der Waals surface area contributed by atoms with E-state index in [1.54, 1.807) is 0 Å². The maximum absolute atomic E-state index is 12.7. The highest BCUT2D eigenvalue weighted by atomic mass is 16.6. The van der Waals surface area contributed by atoms with Crippen molar-refractivity contribution in [3.8, 4) is 0 Å². The summed E-state index contributed by atoms with van der Waals surface area (Å²) in [6.45, 7) is 11.3. The Balaban J connectivity index is 4.22. The second-order valence-electron chi connectivity index (χ2n) is 18.1. The summed E-state index contributed by atoms with van der Waals surface area (Å²) in [6.07, 6.45) is 42.6. The van der Waals surface area contributed by atoms with Gasteiger partial charge in [0.15, 0.2) is 6.10 Å². The van der Waals surface area contributed by atoms with Gasteiger partial charge in [-0.1, -0.05) is 234 Å². The van der Waals surface area contributed by atoms with Gasteiger partial charge in [0.2, 0.25) is 0 Å². The van der Waals surface area contributed by atoms with E-state index in [0.29, 0.717) is 19.3 Å². The lowest BCUT2D eigenvalue weighted by atomic mass is 10.0. The van der Waals surface area contributed by atoms with Crippen LogP contribution >= 0.6 is 0 Å². The van der Waals surface area contributed by atoms with Crippen LogP contribution in [-0.4, -0.2) is 37.2 Å². The van der Waals surface area contributed by atoms with E-state index in [0.717, 1.165) is 69.6 Å². The van der Waals surface area contributed by atoms with E-state index in [2.05, 4.69) is 34.6 Å². The molecule has 332 valence electrons. The molecule has 0 saturated carbocycles. The lowest BCUT2D eigenvalue weighted by molar-refractivity contribution is -0.167. The maximum atomic E-state index is 12.7. The summed E-state index contributed by atoms with van der Waals surface area (Å²) in [5.41, 5.74) is 0. The summed E-state index contributed by atoms with van der Waals surface area (Å²) >= 11 is 0. The SMILES string of the molecule is CCCCCCCCCCCCCCCCCCCCC(=O)OC[C@H](COC(=O)CCCCCCCCCCC(C)C)OC(=O)CCCCCCCCC(C)C. The molecule has 0 saturated heterocycles. The number of esters is 3. The minimum Gasteiger partial charge on any atom is -0.462 e. The van der Waals surface area contributed by atoms with Crippen LogP contribution in [-0.2, 0) is 28.6 Å². The first-order chi connectivity index (χ1) is 27.2. The van der Waals surface area contributed by atoms with E-state index in [1.165, 1.54) is 161 Å². The minimum absolute atomic E-state index is 0.0656. The Hall–Kier alpha value is -1.59. The van der Waals surface area contributed by atoms with Crippen molar-refractivity contribution in [2.24, 2.45) is 11.8 Å². The topological polar surface area (TPSA) is 78.9 Å². The van der Waals surface area contributed by atoms with Crippen molar-refractivity contribution in [3.05, 3.63) is 0 Å². The zero-order valence-electron chi connectivity index (χ0n) is 38.3. The van der Waals surface area contributed by atoms with Crippen molar-refractivity contribution < 1.29 is 28.6 Å². The van der Waals surface area contributed by atoms with Crippen molar-refractivity contribution in [3.63, 3.8) is 0 Å². The Morgan fingerprint density at radius 2 is 0.589 bits per heavy atom. The van der Waals surface area contributed by atoms with E-state index in [9.17, 15) is 14.4 Å². The molecule has 1 atom stereocenters. The van der Waals surface area contributed by atoms with Gasteiger partial charge in [0.1, 0.15) is 13.2 Å². The molecule has 0 aromatic carbocycles. The first-order valence-electron chi connectivity index (χ1n) is 24.7. The average Bonchev–Trinajstić information content (AvgIpc) is 3.16. The van der Waals surface area contributed by atoms with Crippen LogP contribution in [0.15, 0.2) is 0 Å². The van der Waals surface area contributed by atoms with E-state index < -0.39 is 6.10 Å². The number of ether oxygens (including phenoxy) is 3. The zero-order valence-corrected chi connectivity index (χ0v) is 38.3. The molecule has 6 heteroatoms. The maximum Gasteiger partial charge on any atom is 0.306 e. The standard InChI is InChI=1S/C50H96O6/c1-6-7-8-9-10-11-12-13-14-15-16-17-18-19-20-24-30-35-40-48(51)54-43-47(56-50(53)42-37-32-27-26-29-34-39-46(4)5)44-55-49(52)41-36-31-25-22-21-23-28-33-38-45(2)3/h45-47H,6-44H2,1-5H3/t47-/m1/s1. The number of hydrogen-bond acceptors (Lipinski definition) is 6. The van der Waals surface area contributed by atoms with Gasteiger partial charge in [-0.15, -0.1) is 0 Å². The van der Waals surface area contributed by atoms with Crippen LogP contribution < -0.4 is 0 Å². The molecule has 6 nitrogen and oxygen atoms in total. The van der Waals surface area contributed by atoms with Gasteiger partial charge in [-0.2, -0.15) is 0 Å². The molecule has 0 aliphatic carbocycles. The molecule has 0 fully saturated rings. The highest BCUT2D eigenvalue weighted by molar-refractivity contribution is 5.71. The lowest BCUT2D eigenvalue weighted by Gasteiger charge is -2.18. The summed E-state index contributed by atoms with van der Waals surface area (Å²) in [6, 6.07) is 0. The summed E-state index contributed by atoms with van der Waals surface area (Å²) in [4.78, 5) is 37.8. The van der Waals surface area contributed by atoms with E-state index in [1.807, 2.05) is 0 Å². The normalized spacial score (nSPS) is 12.1. The minimum atomic E-state index is -0.762. The first-order valence-corrected chi connectivity index (χ1v) is 24.7. The largest absolute Gasteiger partial charge is 0.462 e. The molecule has 0 amide bonds. The quantitative estimate of drug-likeness (QED) is 0.0347. The average molecular weight is 793 g/mol. The van der Waals surface area contributed by atoms with Crippen molar-refractivity contribution in [1.29, 1.82) is 0 Å². The summed E-state index contributed by atoms with van der Waals surface area (Å²) in [7, 11) is 0. The molecular weight excluding hydrogens is 697 g/mol. The summed E-state index contributed by atoms with van der Waals surface area (Å²) < 4.78 is 16.7. The molecule has 0 N–H and O–H groups in total. The fraction of sp³-hybridized carbons (Fsp3) is 0.940.